The average molecular weight is 275 g/mol. The molecule has 0 radical (unpaired) electrons. The maximum absolute atomic E-state index is 4.76. The van der Waals surface area contributed by atoms with E-state index in [1.54, 1.807) is 11.3 Å². The summed E-state index contributed by atoms with van der Waals surface area (Å²) in [5, 5.41) is 1.16. The predicted octanol–water partition coefficient (Wildman–Crippen LogP) is 3.22. The van der Waals surface area contributed by atoms with Crippen LogP contribution in [0.15, 0.2) is 24.3 Å². The number of piperidine rings is 1. The van der Waals surface area contributed by atoms with Gasteiger partial charge in [-0.3, -0.25) is 0 Å². The molecule has 0 bridgehead atoms. The van der Waals surface area contributed by atoms with Gasteiger partial charge in [-0.1, -0.05) is 30.4 Å². The van der Waals surface area contributed by atoms with Gasteiger partial charge in [-0.2, -0.15) is 0 Å². The van der Waals surface area contributed by atoms with E-state index in [1.165, 1.54) is 37.2 Å². The molecule has 2 heterocycles. The van der Waals surface area contributed by atoms with E-state index in [0.717, 1.165) is 10.6 Å². The summed E-state index contributed by atoms with van der Waals surface area (Å²) in [5.41, 5.74) is 1.13. The number of hydrogen-bond donors (Lipinski definition) is 0. The SMILES string of the molecule is CCN1CCC(N(C)c2nc3ccccc3s2)CC1. The van der Waals surface area contributed by atoms with Crippen LogP contribution in [0.5, 0.6) is 0 Å². The summed E-state index contributed by atoms with van der Waals surface area (Å²) in [5.74, 6) is 0. The molecular weight excluding hydrogens is 254 g/mol. The molecule has 0 unspecified atom stereocenters. The van der Waals surface area contributed by atoms with Crippen molar-refractivity contribution in [1.82, 2.24) is 9.88 Å². The number of thiazole rings is 1. The highest BCUT2D eigenvalue weighted by molar-refractivity contribution is 7.22. The molecular formula is C15H21N3S. The van der Waals surface area contributed by atoms with E-state index < -0.39 is 0 Å². The fourth-order valence-electron chi connectivity index (χ4n) is 2.79. The van der Waals surface area contributed by atoms with Crippen LogP contribution in [-0.2, 0) is 0 Å². The van der Waals surface area contributed by atoms with Crippen LogP contribution in [0.1, 0.15) is 19.8 Å². The molecule has 4 heteroatoms. The molecule has 3 rings (SSSR count). The van der Waals surface area contributed by atoms with E-state index in [2.05, 4.69) is 48.0 Å². The third-order valence-corrected chi connectivity index (χ3v) is 5.26. The van der Waals surface area contributed by atoms with Crippen molar-refractivity contribution in [3.05, 3.63) is 24.3 Å². The van der Waals surface area contributed by atoms with Crippen LogP contribution < -0.4 is 4.90 Å². The van der Waals surface area contributed by atoms with Crippen LogP contribution in [0.2, 0.25) is 0 Å². The van der Waals surface area contributed by atoms with Gasteiger partial charge in [0.05, 0.1) is 10.2 Å². The van der Waals surface area contributed by atoms with Gasteiger partial charge in [-0.25, -0.2) is 4.98 Å². The molecule has 2 aromatic rings. The predicted molar refractivity (Wildman–Crippen MR) is 83.2 cm³/mol. The molecule has 1 fully saturated rings. The lowest BCUT2D eigenvalue weighted by atomic mass is 10.0. The number of anilines is 1. The minimum atomic E-state index is 0.642. The fourth-order valence-corrected chi connectivity index (χ4v) is 3.79. The lowest BCUT2D eigenvalue weighted by Gasteiger charge is -2.36. The molecule has 0 aliphatic carbocycles. The Hall–Kier alpha value is -1.13. The van der Waals surface area contributed by atoms with E-state index in [-0.39, 0.29) is 0 Å². The van der Waals surface area contributed by atoms with Crippen molar-refractivity contribution < 1.29 is 0 Å². The van der Waals surface area contributed by atoms with Crippen molar-refractivity contribution in [3.63, 3.8) is 0 Å². The molecule has 1 aliphatic rings. The topological polar surface area (TPSA) is 19.4 Å². The zero-order valence-corrected chi connectivity index (χ0v) is 12.5. The molecule has 1 aromatic carbocycles. The Morgan fingerprint density at radius 2 is 2.05 bits per heavy atom. The van der Waals surface area contributed by atoms with Crippen molar-refractivity contribution in [2.24, 2.45) is 0 Å². The Bertz CT molecular complexity index is 510. The van der Waals surface area contributed by atoms with Crippen LogP contribution in [0.4, 0.5) is 5.13 Å². The largest absolute Gasteiger partial charge is 0.348 e. The quantitative estimate of drug-likeness (QED) is 0.857. The van der Waals surface area contributed by atoms with Gasteiger partial charge in [0.15, 0.2) is 5.13 Å². The van der Waals surface area contributed by atoms with E-state index >= 15 is 0 Å². The number of para-hydroxylation sites is 1. The van der Waals surface area contributed by atoms with E-state index in [4.69, 9.17) is 4.98 Å². The second-order valence-electron chi connectivity index (χ2n) is 5.24. The maximum atomic E-state index is 4.76. The first kappa shape index (κ1) is 12.9. The molecule has 1 aliphatic heterocycles. The molecule has 1 saturated heterocycles. The van der Waals surface area contributed by atoms with Crippen LogP contribution in [-0.4, -0.2) is 42.6 Å². The van der Waals surface area contributed by atoms with E-state index in [1.807, 2.05) is 0 Å². The molecule has 0 spiro atoms. The number of nitrogens with zero attached hydrogens (tertiary/aromatic N) is 3. The van der Waals surface area contributed by atoms with Crippen molar-refractivity contribution in [1.29, 1.82) is 0 Å². The van der Waals surface area contributed by atoms with Crippen LogP contribution >= 0.6 is 11.3 Å². The number of benzene rings is 1. The van der Waals surface area contributed by atoms with Crippen molar-refractivity contribution in [2.75, 3.05) is 31.6 Å². The van der Waals surface area contributed by atoms with Crippen molar-refractivity contribution >= 4 is 26.7 Å². The summed E-state index contributed by atoms with van der Waals surface area (Å²) >= 11 is 1.81. The molecule has 19 heavy (non-hydrogen) atoms. The summed E-state index contributed by atoms with van der Waals surface area (Å²) in [6.45, 7) is 5.86. The molecule has 0 N–H and O–H groups in total. The Balaban J connectivity index is 1.74. The maximum Gasteiger partial charge on any atom is 0.186 e. The Morgan fingerprint density at radius 1 is 1.32 bits per heavy atom. The summed E-state index contributed by atoms with van der Waals surface area (Å²) in [6.07, 6.45) is 2.50. The lowest BCUT2D eigenvalue weighted by molar-refractivity contribution is 0.221. The number of fused-ring (bicyclic) bond motifs is 1. The standard InChI is InChI=1S/C15H21N3S/c1-3-18-10-8-12(9-11-18)17(2)15-16-13-6-4-5-7-14(13)19-15/h4-7,12H,3,8-11H2,1-2H3. The van der Waals surface area contributed by atoms with Gasteiger partial charge in [0.2, 0.25) is 0 Å². The number of hydrogen-bond acceptors (Lipinski definition) is 4. The number of likely N-dealkylation sites (tertiary alicyclic amines) is 1. The Labute approximate surface area is 118 Å². The minimum Gasteiger partial charge on any atom is -0.348 e. The third-order valence-electron chi connectivity index (χ3n) is 4.14. The highest BCUT2D eigenvalue weighted by atomic mass is 32.1. The van der Waals surface area contributed by atoms with Gasteiger partial charge < -0.3 is 9.80 Å². The number of aromatic nitrogens is 1. The second-order valence-corrected chi connectivity index (χ2v) is 6.25. The van der Waals surface area contributed by atoms with Gasteiger partial charge in [0.25, 0.3) is 0 Å². The van der Waals surface area contributed by atoms with Gasteiger partial charge in [-0.15, -0.1) is 0 Å². The van der Waals surface area contributed by atoms with Crippen molar-refractivity contribution in [3.8, 4) is 0 Å². The molecule has 0 saturated carbocycles. The average Bonchev–Trinajstić information content (AvgIpc) is 2.90. The fraction of sp³-hybridized carbons (Fsp3) is 0.533. The third kappa shape index (κ3) is 2.60. The highest BCUT2D eigenvalue weighted by Gasteiger charge is 2.23. The van der Waals surface area contributed by atoms with Crippen molar-refractivity contribution in [2.45, 2.75) is 25.8 Å². The lowest BCUT2D eigenvalue weighted by Crippen LogP contribution is -2.43. The molecule has 3 nitrogen and oxygen atoms in total. The molecule has 0 atom stereocenters. The monoisotopic (exact) mass is 275 g/mol. The van der Waals surface area contributed by atoms with Crippen LogP contribution in [0.3, 0.4) is 0 Å². The highest BCUT2D eigenvalue weighted by Crippen LogP contribution is 2.30. The van der Waals surface area contributed by atoms with Gasteiger partial charge in [0.1, 0.15) is 0 Å². The normalized spacial score (nSPS) is 18.0. The minimum absolute atomic E-state index is 0.642. The number of rotatable bonds is 3. The Morgan fingerprint density at radius 3 is 2.74 bits per heavy atom. The van der Waals surface area contributed by atoms with Gasteiger partial charge in [0, 0.05) is 26.2 Å². The van der Waals surface area contributed by atoms with Gasteiger partial charge >= 0.3 is 0 Å². The molecule has 102 valence electrons. The Kier molecular flexibility index (Phi) is 3.71. The first-order valence-electron chi connectivity index (χ1n) is 7.08. The summed E-state index contributed by atoms with van der Waals surface area (Å²) in [7, 11) is 2.20. The second kappa shape index (κ2) is 5.47. The zero-order valence-electron chi connectivity index (χ0n) is 11.7. The van der Waals surface area contributed by atoms with Gasteiger partial charge in [-0.05, 0) is 31.5 Å². The van der Waals surface area contributed by atoms with E-state index in [9.17, 15) is 0 Å². The summed E-state index contributed by atoms with van der Waals surface area (Å²) in [4.78, 5) is 9.67. The molecule has 0 amide bonds. The smallest absolute Gasteiger partial charge is 0.186 e. The molecule has 1 aromatic heterocycles. The first-order valence-corrected chi connectivity index (χ1v) is 7.90. The summed E-state index contributed by atoms with van der Waals surface area (Å²) in [6, 6.07) is 9.05. The van der Waals surface area contributed by atoms with E-state index in [0.29, 0.717) is 6.04 Å². The van der Waals surface area contributed by atoms with Crippen LogP contribution in [0, 0.1) is 0 Å². The first-order chi connectivity index (χ1) is 9.28. The summed E-state index contributed by atoms with van der Waals surface area (Å²) < 4.78 is 1.29. The van der Waals surface area contributed by atoms with Crippen LogP contribution in [0.25, 0.3) is 10.2 Å². The zero-order chi connectivity index (χ0) is 13.2.